The third-order valence-electron chi connectivity index (χ3n) is 5.60. The van der Waals surface area contributed by atoms with Gasteiger partial charge in [-0.25, -0.2) is 0 Å². The predicted molar refractivity (Wildman–Crippen MR) is 99.3 cm³/mol. The number of piperidine rings is 2. The molecule has 0 spiro atoms. The second-order valence-electron chi connectivity index (χ2n) is 7.24. The molecule has 5 nitrogen and oxygen atoms in total. The summed E-state index contributed by atoms with van der Waals surface area (Å²) < 4.78 is 11.2. The molecule has 5 heteroatoms. The van der Waals surface area contributed by atoms with E-state index in [0.29, 0.717) is 25.7 Å². The number of methoxy groups -OCH3 is 1. The molecule has 2 N–H and O–H groups in total. The number of benzene rings is 1. The molecule has 1 aromatic carbocycles. The summed E-state index contributed by atoms with van der Waals surface area (Å²) in [5.74, 6) is 1.56. The molecule has 0 radical (unpaired) electrons. The first-order chi connectivity index (χ1) is 12.2. The average Bonchev–Trinajstić information content (AvgIpc) is 2.63. The second kappa shape index (κ2) is 8.39. The highest BCUT2D eigenvalue weighted by Gasteiger charge is 2.43. The molecule has 0 unspecified atom stereocenters. The lowest BCUT2D eigenvalue weighted by Crippen LogP contribution is -2.62. The zero-order valence-corrected chi connectivity index (χ0v) is 15.6. The van der Waals surface area contributed by atoms with Gasteiger partial charge < -0.3 is 19.9 Å². The van der Waals surface area contributed by atoms with Gasteiger partial charge in [-0.05, 0) is 51.8 Å². The van der Waals surface area contributed by atoms with Gasteiger partial charge in [0, 0.05) is 24.7 Å². The number of nitrogens with one attached hydrogen (secondary N) is 1. The summed E-state index contributed by atoms with van der Waals surface area (Å²) in [7, 11) is 1.66. The monoisotopic (exact) mass is 348 g/mol. The Morgan fingerprint density at radius 3 is 2.92 bits per heavy atom. The van der Waals surface area contributed by atoms with Crippen molar-refractivity contribution in [1.29, 1.82) is 0 Å². The van der Waals surface area contributed by atoms with E-state index < -0.39 is 5.60 Å². The van der Waals surface area contributed by atoms with Gasteiger partial charge in [-0.3, -0.25) is 4.90 Å². The SMILES string of the molecule is CCOc1c(CNC[C@]2(O)CCCN3CCCC[C@@H]32)cccc1OC. The minimum Gasteiger partial charge on any atom is -0.493 e. The molecule has 140 valence electrons. The van der Waals surface area contributed by atoms with E-state index in [-0.39, 0.29) is 0 Å². The van der Waals surface area contributed by atoms with Gasteiger partial charge in [0.05, 0.1) is 19.3 Å². The van der Waals surface area contributed by atoms with Gasteiger partial charge in [0.15, 0.2) is 11.5 Å². The van der Waals surface area contributed by atoms with Crippen molar-refractivity contribution in [3.63, 3.8) is 0 Å². The maximum Gasteiger partial charge on any atom is 0.165 e. The molecule has 2 saturated heterocycles. The van der Waals surface area contributed by atoms with Crippen LogP contribution in [0.15, 0.2) is 18.2 Å². The van der Waals surface area contributed by atoms with Crippen LogP contribution in [0.1, 0.15) is 44.6 Å². The summed E-state index contributed by atoms with van der Waals surface area (Å²) in [4.78, 5) is 2.49. The van der Waals surface area contributed by atoms with Gasteiger partial charge in [0.1, 0.15) is 0 Å². The number of para-hydroxylation sites is 1. The van der Waals surface area contributed by atoms with Crippen LogP contribution in [0.2, 0.25) is 0 Å². The fourth-order valence-electron chi connectivity index (χ4n) is 4.41. The molecule has 0 amide bonds. The minimum atomic E-state index is -0.622. The highest BCUT2D eigenvalue weighted by Crippen LogP contribution is 2.34. The Morgan fingerprint density at radius 2 is 2.12 bits per heavy atom. The van der Waals surface area contributed by atoms with E-state index >= 15 is 0 Å². The quantitative estimate of drug-likeness (QED) is 0.793. The van der Waals surface area contributed by atoms with E-state index in [1.165, 1.54) is 12.8 Å². The van der Waals surface area contributed by atoms with E-state index in [2.05, 4.69) is 16.3 Å². The first-order valence-electron chi connectivity index (χ1n) is 9.64. The highest BCUT2D eigenvalue weighted by molar-refractivity contribution is 5.46. The Morgan fingerprint density at radius 1 is 1.28 bits per heavy atom. The summed E-state index contributed by atoms with van der Waals surface area (Å²) >= 11 is 0. The van der Waals surface area contributed by atoms with Gasteiger partial charge in [0.25, 0.3) is 0 Å². The van der Waals surface area contributed by atoms with Crippen LogP contribution in [0.3, 0.4) is 0 Å². The normalized spacial score (nSPS) is 26.9. The summed E-state index contributed by atoms with van der Waals surface area (Å²) in [6.45, 7) is 6.15. The van der Waals surface area contributed by atoms with Crippen molar-refractivity contribution in [3.8, 4) is 11.5 Å². The smallest absolute Gasteiger partial charge is 0.165 e. The van der Waals surface area contributed by atoms with Crippen molar-refractivity contribution in [2.45, 2.75) is 57.2 Å². The highest BCUT2D eigenvalue weighted by atomic mass is 16.5. The molecule has 2 atom stereocenters. The third kappa shape index (κ3) is 4.10. The lowest BCUT2D eigenvalue weighted by atomic mass is 9.79. The Hall–Kier alpha value is -1.30. The molecular formula is C20H32N2O3. The minimum absolute atomic E-state index is 0.305. The van der Waals surface area contributed by atoms with Crippen LogP contribution in [-0.2, 0) is 6.54 Å². The number of nitrogens with zero attached hydrogens (tertiary/aromatic N) is 1. The molecule has 2 heterocycles. The van der Waals surface area contributed by atoms with Crippen molar-refractivity contribution in [2.24, 2.45) is 0 Å². The van der Waals surface area contributed by atoms with Crippen LogP contribution in [0, 0.1) is 0 Å². The van der Waals surface area contributed by atoms with Gasteiger partial charge in [-0.15, -0.1) is 0 Å². The van der Waals surface area contributed by atoms with Crippen LogP contribution >= 0.6 is 0 Å². The molecule has 0 saturated carbocycles. The van der Waals surface area contributed by atoms with E-state index in [1.54, 1.807) is 7.11 Å². The summed E-state index contributed by atoms with van der Waals surface area (Å²) in [5.41, 5.74) is 0.449. The van der Waals surface area contributed by atoms with Crippen LogP contribution in [0.5, 0.6) is 11.5 Å². The van der Waals surface area contributed by atoms with E-state index in [0.717, 1.165) is 49.4 Å². The van der Waals surface area contributed by atoms with Crippen molar-refractivity contribution >= 4 is 0 Å². The largest absolute Gasteiger partial charge is 0.493 e. The van der Waals surface area contributed by atoms with Crippen molar-refractivity contribution in [1.82, 2.24) is 10.2 Å². The number of rotatable bonds is 7. The molecule has 0 bridgehead atoms. The molecule has 3 rings (SSSR count). The first-order valence-corrected chi connectivity index (χ1v) is 9.64. The maximum atomic E-state index is 11.3. The molecule has 2 fully saturated rings. The molecule has 1 aromatic rings. The van der Waals surface area contributed by atoms with Crippen LogP contribution < -0.4 is 14.8 Å². The fourth-order valence-corrected chi connectivity index (χ4v) is 4.41. The lowest BCUT2D eigenvalue weighted by molar-refractivity contribution is -0.0919. The number of hydrogen-bond acceptors (Lipinski definition) is 5. The molecule has 25 heavy (non-hydrogen) atoms. The Balaban J connectivity index is 1.64. The van der Waals surface area contributed by atoms with Crippen LogP contribution in [0.25, 0.3) is 0 Å². The summed E-state index contributed by atoms with van der Waals surface area (Å²) in [6.07, 6.45) is 5.58. The predicted octanol–water partition coefficient (Wildman–Crippen LogP) is 2.56. The van der Waals surface area contributed by atoms with Crippen molar-refractivity contribution < 1.29 is 14.6 Å². The lowest BCUT2D eigenvalue weighted by Gasteiger charge is -2.49. The van der Waals surface area contributed by atoms with Gasteiger partial charge >= 0.3 is 0 Å². The number of fused-ring (bicyclic) bond motifs is 1. The number of ether oxygens (including phenoxy) is 2. The number of aliphatic hydroxyl groups is 1. The van der Waals surface area contributed by atoms with Crippen LogP contribution in [-0.4, -0.2) is 55.0 Å². The zero-order valence-electron chi connectivity index (χ0n) is 15.6. The Bertz CT molecular complexity index is 564. The molecule has 0 aromatic heterocycles. The Labute approximate surface area is 151 Å². The van der Waals surface area contributed by atoms with Gasteiger partial charge in [-0.1, -0.05) is 18.6 Å². The average molecular weight is 348 g/mol. The summed E-state index contributed by atoms with van der Waals surface area (Å²) in [5, 5.41) is 14.7. The fraction of sp³-hybridized carbons (Fsp3) is 0.700. The molecular weight excluding hydrogens is 316 g/mol. The van der Waals surface area contributed by atoms with E-state index in [1.807, 2.05) is 19.1 Å². The Kier molecular flexibility index (Phi) is 6.20. The molecule has 0 aliphatic carbocycles. The first kappa shape index (κ1) is 18.5. The van der Waals surface area contributed by atoms with Crippen molar-refractivity contribution in [3.05, 3.63) is 23.8 Å². The zero-order chi connectivity index (χ0) is 17.7. The molecule has 2 aliphatic rings. The topological polar surface area (TPSA) is 54.0 Å². The van der Waals surface area contributed by atoms with Gasteiger partial charge in [-0.2, -0.15) is 0 Å². The third-order valence-corrected chi connectivity index (χ3v) is 5.60. The van der Waals surface area contributed by atoms with Crippen molar-refractivity contribution in [2.75, 3.05) is 33.4 Å². The second-order valence-corrected chi connectivity index (χ2v) is 7.24. The van der Waals surface area contributed by atoms with Gasteiger partial charge in [0.2, 0.25) is 0 Å². The standard InChI is InChI=1S/C20H32N2O3/c1-3-25-19-16(8-6-9-17(19)24-2)14-21-15-20(23)11-7-13-22-12-5-4-10-18(20)22/h6,8-9,18,21,23H,3-5,7,10-15H2,1-2H3/t18-,20-/m1/s1. The summed E-state index contributed by atoms with van der Waals surface area (Å²) in [6, 6.07) is 6.26. The maximum absolute atomic E-state index is 11.3. The van der Waals surface area contributed by atoms with E-state index in [4.69, 9.17) is 9.47 Å². The number of hydrogen-bond donors (Lipinski definition) is 2. The van der Waals surface area contributed by atoms with E-state index in [9.17, 15) is 5.11 Å². The molecule has 2 aliphatic heterocycles. The van der Waals surface area contributed by atoms with Crippen LogP contribution in [0.4, 0.5) is 0 Å².